The van der Waals surface area contributed by atoms with Gasteiger partial charge in [-0.1, -0.05) is 146 Å². The number of pyridine rings is 2. The van der Waals surface area contributed by atoms with Crippen LogP contribution in [0.4, 0.5) is 34.1 Å². The SMILES string of the molecule is c1ccc(N(c2ccccc2)c2ccc(-c3ccc(-c4ccc(-c5ccc(-c6ccc(N(c7ccccc7)c7ccccc7)cc6)c6nn(-c7ccncc7)nc56)cc4)c4nn(-c5ccncc5)nc34)cc2)cc1. The highest BCUT2D eigenvalue weighted by molar-refractivity contribution is 6.03. The Labute approximate surface area is 427 Å². The van der Waals surface area contributed by atoms with Gasteiger partial charge in [-0.25, -0.2) is 0 Å². The minimum absolute atomic E-state index is 0.792. The first-order chi connectivity index (χ1) is 36.7. The molecule has 0 spiro atoms. The van der Waals surface area contributed by atoms with Crippen molar-refractivity contribution in [1.29, 1.82) is 0 Å². The van der Waals surface area contributed by atoms with E-state index in [1.807, 2.05) is 48.5 Å². The minimum Gasteiger partial charge on any atom is -0.311 e. The Hall–Kier alpha value is -10.3. The zero-order valence-corrected chi connectivity index (χ0v) is 39.9. The summed E-state index contributed by atoms with van der Waals surface area (Å²) >= 11 is 0. The van der Waals surface area contributed by atoms with Gasteiger partial charge in [-0.3, -0.25) is 9.97 Å². The molecule has 13 aromatic rings. The highest BCUT2D eigenvalue weighted by Crippen LogP contribution is 2.41. The number of nitrogens with zero attached hydrogens (tertiary/aromatic N) is 10. The van der Waals surface area contributed by atoms with Gasteiger partial charge in [0.25, 0.3) is 0 Å². The van der Waals surface area contributed by atoms with E-state index < -0.39 is 0 Å². The molecule has 10 heteroatoms. The molecule has 0 N–H and O–H groups in total. The van der Waals surface area contributed by atoms with Crippen LogP contribution in [0.2, 0.25) is 0 Å². The summed E-state index contributed by atoms with van der Waals surface area (Å²) in [7, 11) is 0. The maximum absolute atomic E-state index is 5.15. The van der Waals surface area contributed by atoms with Crippen LogP contribution in [-0.4, -0.2) is 40.0 Å². The number of hydrogen-bond donors (Lipinski definition) is 0. The van der Waals surface area contributed by atoms with Crippen LogP contribution in [0.3, 0.4) is 0 Å². The molecule has 0 aliphatic carbocycles. The van der Waals surface area contributed by atoms with E-state index in [1.54, 1.807) is 34.4 Å². The van der Waals surface area contributed by atoms with Crippen molar-refractivity contribution in [2.75, 3.05) is 9.80 Å². The van der Waals surface area contributed by atoms with Crippen LogP contribution < -0.4 is 9.80 Å². The fourth-order valence-electron chi connectivity index (χ4n) is 9.72. The largest absolute Gasteiger partial charge is 0.311 e. The van der Waals surface area contributed by atoms with Crippen LogP contribution in [0.5, 0.6) is 0 Å². The van der Waals surface area contributed by atoms with Crippen LogP contribution in [0.15, 0.2) is 267 Å². The molecule has 0 aliphatic heterocycles. The molecule has 0 radical (unpaired) electrons. The third-order valence-corrected chi connectivity index (χ3v) is 13.3. The molecule has 0 unspecified atom stereocenters. The Balaban J connectivity index is 0.866. The van der Waals surface area contributed by atoms with Crippen molar-refractivity contribution >= 4 is 56.2 Å². The fourth-order valence-corrected chi connectivity index (χ4v) is 9.72. The van der Waals surface area contributed by atoms with Crippen molar-refractivity contribution in [3.05, 3.63) is 267 Å². The highest BCUT2D eigenvalue weighted by Gasteiger charge is 2.21. The van der Waals surface area contributed by atoms with Crippen LogP contribution in [0.25, 0.3) is 77.9 Å². The first kappa shape index (κ1) is 43.7. The molecule has 0 atom stereocenters. The molecule has 350 valence electrons. The van der Waals surface area contributed by atoms with Crippen molar-refractivity contribution in [2.24, 2.45) is 0 Å². The maximum atomic E-state index is 5.15. The predicted octanol–water partition coefficient (Wildman–Crippen LogP) is 15.6. The molecular weight excluding hydrogens is 909 g/mol. The van der Waals surface area contributed by atoms with E-state index in [9.17, 15) is 0 Å². The van der Waals surface area contributed by atoms with Crippen molar-refractivity contribution in [3.63, 3.8) is 0 Å². The molecule has 4 aromatic heterocycles. The van der Waals surface area contributed by atoms with E-state index in [4.69, 9.17) is 20.4 Å². The Kier molecular flexibility index (Phi) is 11.3. The van der Waals surface area contributed by atoms with Crippen molar-refractivity contribution in [1.82, 2.24) is 40.0 Å². The molecule has 0 amide bonds. The minimum atomic E-state index is 0.792. The lowest BCUT2D eigenvalue weighted by Gasteiger charge is -2.25. The Morgan fingerprint density at radius 2 is 0.459 bits per heavy atom. The van der Waals surface area contributed by atoms with Gasteiger partial charge in [-0.05, 0) is 119 Å². The lowest BCUT2D eigenvalue weighted by molar-refractivity contribution is 0.764. The van der Waals surface area contributed by atoms with Gasteiger partial charge in [-0.2, -0.15) is 9.59 Å². The van der Waals surface area contributed by atoms with Crippen LogP contribution in [-0.2, 0) is 0 Å². The van der Waals surface area contributed by atoms with Gasteiger partial charge in [0, 0.05) is 81.2 Å². The summed E-state index contributed by atoms with van der Waals surface area (Å²) in [5, 5.41) is 20.6. The average Bonchev–Trinajstić information content (AvgIpc) is 4.14. The topological polar surface area (TPSA) is 93.7 Å². The summed E-state index contributed by atoms with van der Waals surface area (Å²) in [6.07, 6.45) is 7.04. The summed E-state index contributed by atoms with van der Waals surface area (Å²) in [5.74, 6) is 0. The highest BCUT2D eigenvalue weighted by atomic mass is 15.5. The van der Waals surface area contributed by atoms with Crippen LogP contribution in [0, 0.1) is 0 Å². The first-order valence-electron chi connectivity index (χ1n) is 24.4. The molecule has 0 saturated carbocycles. The summed E-state index contributed by atoms with van der Waals surface area (Å²) in [4.78, 5) is 16.4. The second kappa shape index (κ2) is 19.1. The van der Waals surface area contributed by atoms with Crippen molar-refractivity contribution < 1.29 is 0 Å². The number of aromatic nitrogens is 8. The quantitative estimate of drug-likeness (QED) is 0.120. The van der Waals surface area contributed by atoms with Crippen LogP contribution >= 0.6 is 0 Å². The zero-order chi connectivity index (χ0) is 49.2. The molecule has 0 saturated heterocycles. The molecule has 9 aromatic carbocycles. The summed E-state index contributed by atoms with van der Waals surface area (Å²) in [5.41, 5.74) is 19.3. The molecule has 13 rings (SSSR count). The monoisotopic (exact) mass is 952 g/mol. The van der Waals surface area contributed by atoms with Crippen LogP contribution in [0.1, 0.15) is 0 Å². The van der Waals surface area contributed by atoms with E-state index in [0.717, 1.165) is 112 Å². The maximum Gasteiger partial charge on any atom is 0.122 e. The average molecular weight is 953 g/mol. The molecule has 0 aliphatic rings. The normalized spacial score (nSPS) is 11.2. The second-order valence-electron chi connectivity index (χ2n) is 17.8. The molecule has 0 bridgehead atoms. The molecular formula is C64H44N10. The van der Waals surface area contributed by atoms with E-state index in [0.29, 0.717) is 0 Å². The lowest BCUT2D eigenvalue weighted by Crippen LogP contribution is -2.09. The molecule has 0 fully saturated rings. The standard InChI is InChI=1S/C64H44N10/c1-5-13-49(14-6-1)71(50-15-7-2-8-16-50)53-29-25-47(26-30-53)59-35-33-57(61-63(59)69-73(67-61)55-37-41-65-42-38-55)45-21-23-46(24-22-45)58-34-36-60(64-62(58)68-74(70-64)56-39-43-66-44-40-56)48-27-31-54(32-28-48)72(51-17-9-3-10-18-51)52-19-11-4-12-20-52/h1-44H. The molecule has 10 nitrogen and oxygen atoms in total. The van der Waals surface area contributed by atoms with Gasteiger partial charge >= 0.3 is 0 Å². The van der Waals surface area contributed by atoms with Crippen molar-refractivity contribution in [2.45, 2.75) is 0 Å². The van der Waals surface area contributed by atoms with Crippen molar-refractivity contribution in [3.8, 4) is 55.9 Å². The van der Waals surface area contributed by atoms with E-state index in [2.05, 4.69) is 214 Å². The Morgan fingerprint density at radius 3 is 0.716 bits per heavy atom. The summed E-state index contributed by atoms with van der Waals surface area (Å²) in [6, 6.07) is 84.0. The third kappa shape index (κ3) is 8.27. The fraction of sp³-hybridized carbons (Fsp3) is 0. The van der Waals surface area contributed by atoms with E-state index in [1.165, 1.54) is 0 Å². The number of para-hydroxylation sites is 4. The third-order valence-electron chi connectivity index (χ3n) is 13.3. The summed E-state index contributed by atoms with van der Waals surface area (Å²) < 4.78 is 0. The zero-order valence-electron chi connectivity index (χ0n) is 39.9. The van der Waals surface area contributed by atoms with Gasteiger partial charge in [0.2, 0.25) is 0 Å². The number of hydrogen-bond acceptors (Lipinski definition) is 8. The molecule has 74 heavy (non-hydrogen) atoms. The number of fused-ring (bicyclic) bond motifs is 2. The summed E-state index contributed by atoms with van der Waals surface area (Å²) in [6.45, 7) is 0. The second-order valence-corrected chi connectivity index (χ2v) is 17.8. The number of anilines is 6. The molecule has 4 heterocycles. The Bertz CT molecular complexity index is 3670. The van der Waals surface area contributed by atoms with E-state index in [-0.39, 0.29) is 0 Å². The van der Waals surface area contributed by atoms with Gasteiger partial charge in [-0.15, -0.1) is 20.4 Å². The van der Waals surface area contributed by atoms with Gasteiger partial charge in [0.05, 0.1) is 11.4 Å². The Morgan fingerprint density at radius 1 is 0.230 bits per heavy atom. The number of benzene rings is 9. The van der Waals surface area contributed by atoms with Gasteiger partial charge < -0.3 is 9.80 Å². The number of rotatable bonds is 12. The van der Waals surface area contributed by atoms with Gasteiger partial charge in [0.1, 0.15) is 22.1 Å². The first-order valence-corrected chi connectivity index (χ1v) is 24.4. The lowest BCUT2D eigenvalue weighted by atomic mass is 9.94. The smallest absolute Gasteiger partial charge is 0.122 e. The predicted molar refractivity (Wildman–Crippen MR) is 298 cm³/mol. The van der Waals surface area contributed by atoms with Gasteiger partial charge in [0.15, 0.2) is 0 Å². The van der Waals surface area contributed by atoms with E-state index >= 15 is 0 Å².